The molecule has 6 atom stereocenters. The van der Waals surface area contributed by atoms with Gasteiger partial charge in [-0.2, -0.15) is 0 Å². The molecule has 4 N–H and O–H groups in total. The highest BCUT2D eigenvalue weighted by Gasteiger charge is 2.43. The topological polar surface area (TPSA) is 109 Å². The quantitative estimate of drug-likeness (QED) is 0.204. The van der Waals surface area contributed by atoms with Crippen LogP contribution < -0.4 is 0 Å². The van der Waals surface area contributed by atoms with Gasteiger partial charge in [-0.05, 0) is 12.8 Å². The number of aliphatic hydroxyl groups is 4. The standard InChI is InChI=1S/C25H50O7/c1-3-4-5-6-7-8-9-10-11-12-13-14-15-16-20(30-2)17-18-31-25-24(29)23(28)22(27)21(19-26)32-25/h20-29H,3-19H2,1-2H3. The summed E-state index contributed by atoms with van der Waals surface area (Å²) < 4.78 is 16.5. The van der Waals surface area contributed by atoms with Crippen LogP contribution in [0.15, 0.2) is 0 Å². The summed E-state index contributed by atoms with van der Waals surface area (Å²) in [5, 5.41) is 38.9. The average molecular weight is 463 g/mol. The highest BCUT2D eigenvalue weighted by molar-refractivity contribution is 4.88. The summed E-state index contributed by atoms with van der Waals surface area (Å²) in [5.41, 5.74) is 0. The van der Waals surface area contributed by atoms with Gasteiger partial charge in [0.2, 0.25) is 0 Å². The molecule has 1 heterocycles. The van der Waals surface area contributed by atoms with Crippen LogP contribution in [0.25, 0.3) is 0 Å². The summed E-state index contributed by atoms with van der Waals surface area (Å²) >= 11 is 0. The average Bonchev–Trinajstić information content (AvgIpc) is 2.80. The largest absolute Gasteiger partial charge is 0.394 e. The van der Waals surface area contributed by atoms with Gasteiger partial charge in [-0.1, -0.05) is 90.4 Å². The van der Waals surface area contributed by atoms with Crippen LogP contribution in [0.2, 0.25) is 0 Å². The van der Waals surface area contributed by atoms with E-state index in [9.17, 15) is 20.4 Å². The Labute approximate surface area is 195 Å². The number of ether oxygens (including phenoxy) is 3. The van der Waals surface area contributed by atoms with Gasteiger partial charge in [0.05, 0.1) is 19.3 Å². The van der Waals surface area contributed by atoms with Crippen LogP contribution in [0.4, 0.5) is 0 Å². The number of unbranched alkanes of at least 4 members (excludes halogenated alkanes) is 12. The number of hydrogen-bond donors (Lipinski definition) is 4. The molecule has 6 unspecified atom stereocenters. The lowest BCUT2D eigenvalue weighted by Crippen LogP contribution is -2.59. The summed E-state index contributed by atoms with van der Waals surface area (Å²) in [5.74, 6) is 0. The van der Waals surface area contributed by atoms with Crippen molar-refractivity contribution in [3.63, 3.8) is 0 Å². The van der Waals surface area contributed by atoms with Crippen molar-refractivity contribution in [3.05, 3.63) is 0 Å². The van der Waals surface area contributed by atoms with Crippen LogP contribution in [0.5, 0.6) is 0 Å². The normalized spacial score (nSPS) is 27.0. The predicted molar refractivity (Wildman–Crippen MR) is 125 cm³/mol. The summed E-state index contributed by atoms with van der Waals surface area (Å²) in [4.78, 5) is 0. The molecular weight excluding hydrogens is 412 g/mol. The minimum absolute atomic E-state index is 0.0765. The van der Waals surface area contributed by atoms with Crippen molar-refractivity contribution in [2.75, 3.05) is 20.3 Å². The lowest BCUT2D eigenvalue weighted by Gasteiger charge is -2.39. The van der Waals surface area contributed by atoms with Gasteiger partial charge in [-0.25, -0.2) is 0 Å². The molecule has 1 aliphatic heterocycles. The van der Waals surface area contributed by atoms with Crippen LogP contribution >= 0.6 is 0 Å². The molecule has 32 heavy (non-hydrogen) atoms. The summed E-state index contributed by atoms with van der Waals surface area (Å²) in [6, 6.07) is 0. The Balaban J connectivity index is 2.02. The molecule has 7 nitrogen and oxygen atoms in total. The van der Waals surface area contributed by atoms with E-state index in [1.165, 1.54) is 77.0 Å². The number of hydrogen-bond acceptors (Lipinski definition) is 7. The van der Waals surface area contributed by atoms with E-state index in [0.29, 0.717) is 13.0 Å². The van der Waals surface area contributed by atoms with Crippen LogP contribution in [0.3, 0.4) is 0 Å². The second kappa shape index (κ2) is 19.1. The monoisotopic (exact) mass is 462 g/mol. The first-order valence-corrected chi connectivity index (χ1v) is 13.0. The molecule has 0 aromatic heterocycles. The second-order valence-electron chi connectivity index (χ2n) is 9.25. The fourth-order valence-electron chi connectivity index (χ4n) is 4.29. The third-order valence-electron chi connectivity index (χ3n) is 6.53. The fourth-order valence-corrected chi connectivity index (χ4v) is 4.29. The zero-order valence-corrected chi connectivity index (χ0v) is 20.5. The molecule has 1 fully saturated rings. The maximum Gasteiger partial charge on any atom is 0.186 e. The second-order valence-corrected chi connectivity index (χ2v) is 9.25. The lowest BCUT2D eigenvalue weighted by molar-refractivity contribution is -0.301. The van der Waals surface area contributed by atoms with Crippen molar-refractivity contribution in [1.82, 2.24) is 0 Å². The summed E-state index contributed by atoms with van der Waals surface area (Å²) in [7, 11) is 1.70. The molecule has 1 aliphatic rings. The minimum atomic E-state index is -1.41. The van der Waals surface area contributed by atoms with E-state index in [0.717, 1.165) is 12.8 Å². The highest BCUT2D eigenvalue weighted by Crippen LogP contribution is 2.22. The first-order chi connectivity index (χ1) is 15.5. The van der Waals surface area contributed by atoms with E-state index in [1.54, 1.807) is 7.11 Å². The maximum absolute atomic E-state index is 10.0. The molecule has 7 heteroatoms. The molecule has 0 bridgehead atoms. The summed E-state index contributed by atoms with van der Waals surface area (Å²) in [6.45, 7) is 2.11. The Morgan fingerprint density at radius 3 is 1.75 bits per heavy atom. The van der Waals surface area contributed by atoms with Gasteiger partial charge in [0.25, 0.3) is 0 Å². The Bertz CT molecular complexity index is 421. The van der Waals surface area contributed by atoms with E-state index in [-0.39, 0.29) is 6.10 Å². The van der Waals surface area contributed by atoms with Crippen molar-refractivity contribution in [2.45, 2.75) is 140 Å². The van der Waals surface area contributed by atoms with Gasteiger partial charge < -0.3 is 34.6 Å². The molecule has 0 amide bonds. The minimum Gasteiger partial charge on any atom is -0.394 e. The molecule has 0 spiro atoms. The Kier molecular flexibility index (Phi) is 17.7. The van der Waals surface area contributed by atoms with E-state index >= 15 is 0 Å². The van der Waals surface area contributed by atoms with Crippen molar-refractivity contribution in [2.24, 2.45) is 0 Å². The van der Waals surface area contributed by atoms with Gasteiger partial charge in [0.1, 0.15) is 24.4 Å². The first kappa shape index (κ1) is 29.8. The van der Waals surface area contributed by atoms with Crippen LogP contribution in [0, 0.1) is 0 Å². The Morgan fingerprint density at radius 1 is 0.719 bits per heavy atom. The van der Waals surface area contributed by atoms with Crippen LogP contribution in [-0.4, -0.2) is 77.6 Å². The smallest absolute Gasteiger partial charge is 0.186 e. The van der Waals surface area contributed by atoms with Crippen molar-refractivity contribution in [1.29, 1.82) is 0 Å². The van der Waals surface area contributed by atoms with Crippen molar-refractivity contribution < 1.29 is 34.6 Å². The van der Waals surface area contributed by atoms with Crippen LogP contribution in [0.1, 0.15) is 103 Å². The number of methoxy groups -OCH3 is 1. The third kappa shape index (κ3) is 12.3. The molecule has 0 aromatic carbocycles. The van der Waals surface area contributed by atoms with Gasteiger partial charge in [-0.3, -0.25) is 0 Å². The number of rotatable bonds is 20. The van der Waals surface area contributed by atoms with E-state index in [4.69, 9.17) is 14.2 Å². The van der Waals surface area contributed by atoms with Gasteiger partial charge in [0.15, 0.2) is 6.29 Å². The Morgan fingerprint density at radius 2 is 1.25 bits per heavy atom. The zero-order valence-electron chi connectivity index (χ0n) is 20.5. The summed E-state index contributed by atoms with van der Waals surface area (Å²) in [6.07, 6.45) is 12.9. The molecule has 1 rings (SSSR count). The van der Waals surface area contributed by atoms with Crippen molar-refractivity contribution in [3.8, 4) is 0 Å². The van der Waals surface area contributed by atoms with E-state index in [2.05, 4.69) is 6.92 Å². The van der Waals surface area contributed by atoms with Crippen molar-refractivity contribution >= 4 is 0 Å². The number of aliphatic hydroxyl groups excluding tert-OH is 4. The van der Waals surface area contributed by atoms with E-state index in [1.807, 2.05) is 0 Å². The van der Waals surface area contributed by atoms with Crippen LogP contribution in [-0.2, 0) is 14.2 Å². The van der Waals surface area contributed by atoms with Gasteiger partial charge in [-0.15, -0.1) is 0 Å². The molecule has 192 valence electrons. The van der Waals surface area contributed by atoms with E-state index < -0.39 is 37.3 Å². The molecule has 0 saturated carbocycles. The third-order valence-corrected chi connectivity index (χ3v) is 6.53. The molecule has 1 saturated heterocycles. The van der Waals surface area contributed by atoms with Gasteiger partial charge in [0, 0.05) is 7.11 Å². The first-order valence-electron chi connectivity index (χ1n) is 13.0. The Hall–Kier alpha value is -0.280. The molecule has 0 aliphatic carbocycles. The molecular formula is C25H50O7. The fraction of sp³-hybridized carbons (Fsp3) is 1.00. The zero-order chi connectivity index (χ0) is 23.6. The highest BCUT2D eigenvalue weighted by atomic mass is 16.7. The SMILES string of the molecule is CCCCCCCCCCCCCCCC(CCOC1OC(CO)C(O)C(O)C1O)OC. The molecule has 0 aromatic rings. The lowest BCUT2D eigenvalue weighted by atomic mass is 9.99. The predicted octanol–water partition coefficient (Wildman–Crippen LogP) is 3.69. The molecule has 0 radical (unpaired) electrons. The maximum atomic E-state index is 10.0. The van der Waals surface area contributed by atoms with Gasteiger partial charge >= 0.3 is 0 Å².